The number of hydrogen-bond donors (Lipinski definition) is 2. The average Bonchev–Trinajstić information content (AvgIpc) is 3.10. The molecule has 32 heavy (non-hydrogen) atoms. The van der Waals surface area contributed by atoms with Gasteiger partial charge in [0.15, 0.2) is 0 Å². The topological polar surface area (TPSA) is 78.5 Å². The number of halogens is 3. The molecular weight excluding hydrogens is 423 g/mol. The van der Waals surface area contributed by atoms with E-state index in [1.165, 1.54) is 17.0 Å². The van der Waals surface area contributed by atoms with Crippen LogP contribution in [0.2, 0.25) is 0 Å². The van der Waals surface area contributed by atoms with Crippen LogP contribution >= 0.6 is 0 Å². The molecule has 1 aliphatic rings. The molecule has 9 heteroatoms. The quantitative estimate of drug-likeness (QED) is 0.675. The Labute approximate surface area is 183 Å². The minimum atomic E-state index is -4.52. The number of hydrogen-bond acceptors (Lipinski definition) is 3. The summed E-state index contributed by atoms with van der Waals surface area (Å²) in [4.78, 5) is 38.0. The number of amides is 3. The zero-order valence-corrected chi connectivity index (χ0v) is 17.7. The molecule has 0 radical (unpaired) electrons. The molecule has 170 valence electrons. The van der Waals surface area contributed by atoms with Crippen molar-refractivity contribution in [2.45, 2.75) is 32.9 Å². The minimum Gasteiger partial charge on any atom is -0.326 e. The van der Waals surface area contributed by atoms with Gasteiger partial charge in [0.05, 0.1) is 11.5 Å². The van der Waals surface area contributed by atoms with Gasteiger partial charge in [0, 0.05) is 36.4 Å². The van der Waals surface area contributed by atoms with Crippen molar-refractivity contribution in [3.63, 3.8) is 0 Å². The second kappa shape index (κ2) is 9.42. The molecule has 3 rings (SSSR count). The molecule has 0 aromatic heterocycles. The highest BCUT2D eigenvalue weighted by Gasteiger charge is 2.37. The molecule has 0 aliphatic carbocycles. The first-order valence-corrected chi connectivity index (χ1v) is 10.2. The van der Waals surface area contributed by atoms with E-state index in [0.29, 0.717) is 17.8 Å². The van der Waals surface area contributed by atoms with E-state index in [1.807, 2.05) is 13.8 Å². The maximum atomic E-state index is 13.0. The zero-order valence-electron chi connectivity index (χ0n) is 17.7. The van der Waals surface area contributed by atoms with Gasteiger partial charge in [-0.2, -0.15) is 13.2 Å². The highest BCUT2D eigenvalue weighted by atomic mass is 19.4. The molecule has 0 bridgehead atoms. The summed E-state index contributed by atoms with van der Waals surface area (Å²) in [5, 5.41) is 5.49. The maximum Gasteiger partial charge on any atom is 0.416 e. The van der Waals surface area contributed by atoms with Gasteiger partial charge in [-0.15, -0.1) is 0 Å². The molecule has 1 aliphatic heterocycles. The third-order valence-electron chi connectivity index (χ3n) is 5.01. The van der Waals surface area contributed by atoms with Crippen LogP contribution in [-0.2, 0) is 20.6 Å². The first-order chi connectivity index (χ1) is 15.0. The van der Waals surface area contributed by atoms with Crippen molar-refractivity contribution < 1.29 is 27.6 Å². The fourth-order valence-electron chi connectivity index (χ4n) is 3.45. The van der Waals surface area contributed by atoms with Crippen LogP contribution in [0, 0.1) is 11.8 Å². The van der Waals surface area contributed by atoms with Gasteiger partial charge in [-0.25, -0.2) is 0 Å². The molecule has 1 atom stereocenters. The van der Waals surface area contributed by atoms with E-state index in [-0.39, 0.29) is 30.5 Å². The fourth-order valence-corrected chi connectivity index (χ4v) is 3.45. The number of nitrogens with zero attached hydrogens (tertiary/aromatic N) is 1. The van der Waals surface area contributed by atoms with Gasteiger partial charge in [-0.05, 0) is 48.4 Å². The van der Waals surface area contributed by atoms with Gasteiger partial charge in [0.1, 0.15) is 0 Å². The van der Waals surface area contributed by atoms with Crippen LogP contribution in [0.25, 0.3) is 0 Å². The predicted octanol–water partition coefficient (Wildman–Crippen LogP) is 4.68. The lowest BCUT2D eigenvalue weighted by molar-refractivity contribution is -0.137. The average molecular weight is 447 g/mol. The van der Waals surface area contributed by atoms with E-state index in [4.69, 9.17) is 0 Å². The summed E-state index contributed by atoms with van der Waals surface area (Å²) >= 11 is 0. The zero-order chi connectivity index (χ0) is 23.5. The number of carbonyl (C=O) groups excluding carboxylic acids is 3. The lowest BCUT2D eigenvalue weighted by atomic mass is 10.1. The molecule has 2 aromatic rings. The molecular formula is C23H24F3N3O3. The molecule has 0 spiro atoms. The number of anilines is 3. The number of alkyl halides is 3. The second-order valence-electron chi connectivity index (χ2n) is 8.17. The summed E-state index contributed by atoms with van der Waals surface area (Å²) in [5.41, 5.74) is 0.347. The standard InChI is InChI=1S/C23H24F3N3O3/c1-14(2)10-20(30)27-17-6-8-18(9-7-17)28-22(32)15-11-21(31)29(13-15)19-5-3-4-16(12-19)23(24,25)26/h3-9,12,14-15H,10-11,13H2,1-2H3,(H,27,30)(H,28,32). The number of benzene rings is 2. The van der Waals surface area contributed by atoms with Crippen LogP contribution in [0.15, 0.2) is 48.5 Å². The van der Waals surface area contributed by atoms with Gasteiger partial charge in [0.2, 0.25) is 17.7 Å². The lowest BCUT2D eigenvalue weighted by Crippen LogP contribution is -2.28. The van der Waals surface area contributed by atoms with Gasteiger partial charge >= 0.3 is 6.18 Å². The summed E-state index contributed by atoms with van der Waals surface area (Å²) in [6.07, 6.45) is -4.21. The van der Waals surface area contributed by atoms with Crippen LogP contribution in [0.4, 0.5) is 30.2 Å². The van der Waals surface area contributed by atoms with Crippen molar-refractivity contribution in [1.29, 1.82) is 0 Å². The SMILES string of the molecule is CC(C)CC(=O)Nc1ccc(NC(=O)C2CC(=O)N(c3cccc(C(F)(F)F)c3)C2)cc1. The van der Waals surface area contributed by atoms with E-state index >= 15 is 0 Å². The third-order valence-corrected chi connectivity index (χ3v) is 5.01. The largest absolute Gasteiger partial charge is 0.416 e. The molecule has 1 unspecified atom stereocenters. The summed E-state index contributed by atoms with van der Waals surface area (Å²) in [7, 11) is 0. The second-order valence-corrected chi connectivity index (χ2v) is 8.17. The first-order valence-electron chi connectivity index (χ1n) is 10.2. The van der Waals surface area contributed by atoms with Gasteiger partial charge in [-0.1, -0.05) is 19.9 Å². The first kappa shape index (κ1) is 23.3. The highest BCUT2D eigenvalue weighted by molar-refractivity contribution is 6.03. The van der Waals surface area contributed by atoms with Crippen molar-refractivity contribution in [3.8, 4) is 0 Å². The Morgan fingerprint density at radius 1 is 1.06 bits per heavy atom. The Hall–Kier alpha value is -3.36. The Morgan fingerprint density at radius 2 is 1.69 bits per heavy atom. The molecule has 1 heterocycles. The van der Waals surface area contributed by atoms with E-state index in [1.54, 1.807) is 24.3 Å². The lowest BCUT2D eigenvalue weighted by Gasteiger charge is -2.18. The van der Waals surface area contributed by atoms with Crippen LogP contribution in [0.3, 0.4) is 0 Å². The summed E-state index contributed by atoms with van der Waals surface area (Å²) < 4.78 is 38.9. The van der Waals surface area contributed by atoms with Crippen LogP contribution in [0.5, 0.6) is 0 Å². The van der Waals surface area contributed by atoms with Crippen molar-refractivity contribution in [3.05, 3.63) is 54.1 Å². The summed E-state index contributed by atoms with van der Waals surface area (Å²) in [6.45, 7) is 3.88. The van der Waals surface area contributed by atoms with Crippen LogP contribution in [-0.4, -0.2) is 24.3 Å². The van der Waals surface area contributed by atoms with Gasteiger partial charge in [-0.3, -0.25) is 14.4 Å². The molecule has 6 nitrogen and oxygen atoms in total. The Morgan fingerprint density at radius 3 is 2.28 bits per heavy atom. The van der Waals surface area contributed by atoms with Crippen molar-refractivity contribution in [2.75, 3.05) is 22.1 Å². The number of nitrogens with one attached hydrogen (secondary N) is 2. The minimum absolute atomic E-state index is 0.00464. The molecule has 1 fully saturated rings. The van der Waals surface area contributed by atoms with E-state index in [0.717, 1.165) is 12.1 Å². The Kier molecular flexibility index (Phi) is 6.86. The van der Waals surface area contributed by atoms with Crippen molar-refractivity contribution in [2.24, 2.45) is 11.8 Å². The van der Waals surface area contributed by atoms with Crippen molar-refractivity contribution in [1.82, 2.24) is 0 Å². The molecule has 2 N–H and O–H groups in total. The predicted molar refractivity (Wildman–Crippen MR) is 115 cm³/mol. The van der Waals surface area contributed by atoms with E-state index in [2.05, 4.69) is 10.6 Å². The maximum absolute atomic E-state index is 13.0. The third kappa shape index (κ3) is 5.87. The fraction of sp³-hybridized carbons (Fsp3) is 0.348. The van der Waals surface area contributed by atoms with Gasteiger partial charge < -0.3 is 15.5 Å². The molecule has 0 saturated carbocycles. The molecule has 2 aromatic carbocycles. The summed E-state index contributed by atoms with van der Waals surface area (Å²) in [6, 6.07) is 11.1. The number of rotatable bonds is 6. The highest BCUT2D eigenvalue weighted by Crippen LogP contribution is 2.33. The van der Waals surface area contributed by atoms with Crippen LogP contribution in [0.1, 0.15) is 32.3 Å². The monoisotopic (exact) mass is 447 g/mol. The Balaban J connectivity index is 1.61. The summed E-state index contributed by atoms with van der Waals surface area (Å²) in [5.74, 6) is -1.37. The smallest absolute Gasteiger partial charge is 0.326 e. The van der Waals surface area contributed by atoms with Crippen molar-refractivity contribution >= 4 is 34.8 Å². The number of carbonyl (C=O) groups is 3. The Bertz CT molecular complexity index is 1000. The molecule has 1 saturated heterocycles. The normalized spacial score (nSPS) is 16.4. The van der Waals surface area contributed by atoms with E-state index < -0.39 is 29.5 Å². The van der Waals surface area contributed by atoms with E-state index in [9.17, 15) is 27.6 Å². The molecule has 3 amide bonds. The van der Waals surface area contributed by atoms with Gasteiger partial charge in [0.25, 0.3) is 0 Å². The van der Waals surface area contributed by atoms with Crippen LogP contribution < -0.4 is 15.5 Å².